The molecule has 0 aliphatic rings. The van der Waals surface area contributed by atoms with E-state index in [1.54, 1.807) is 12.1 Å². The molecule has 0 fully saturated rings. The highest BCUT2D eigenvalue weighted by Crippen LogP contribution is 2.24. The molecule has 3 aromatic rings. The molecular weight excluding hydrogens is 317 g/mol. The van der Waals surface area contributed by atoms with Crippen molar-refractivity contribution in [1.29, 1.82) is 0 Å². The fourth-order valence-corrected chi connectivity index (χ4v) is 2.26. The molecule has 1 heterocycles. The molecule has 2 aromatic carbocycles. The molecule has 0 aliphatic heterocycles. The molecule has 0 saturated carbocycles. The maximum Gasteiger partial charge on any atom is 0.123 e. The Balaban J connectivity index is 1.91. The number of benzene rings is 2. The van der Waals surface area contributed by atoms with Crippen LogP contribution in [0, 0.1) is 5.82 Å². The summed E-state index contributed by atoms with van der Waals surface area (Å²) in [5, 5.41) is 0. The van der Waals surface area contributed by atoms with Crippen LogP contribution in [-0.4, -0.2) is 4.98 Å². The van der Waals surface area contributed by atoms with Crippen LogP contribution in [0.2, 0.25) is 0 Å². The second-order valence-electron chi connectivity index (χ2n) is 4.45. The Morgan fingerprint density at radius 3 is 1.90 bits per heavy atom. The van der Waals surface area contributed by atoms with Crippen molar-refractivity contribution in [3.8, 4) is 22.4 Å². The maximum absolute atomic E-state index is 12.9. The van der Waals surface area contributed by atoms with Crippen LogP contribution in [0.25, 0.3) is 22.4 Å². The first-order valence-electron chi connectivity index (χ1n) is 6.20. The molecule has 0 N–H and O–H groups in total. The van der Waals surface area contributed by atoms with Gasteiger partial charge in [0.2, 0.25) is 0 Å². The van der Waals surface area contributed by atoms with Crippen molar-refractivity contribution in [2.75, 3.05) is 0 Å². The van der Waals surface area contributed by atoms with Gasteiger partial charge < -0.3 is 0 Å². The Hall–Kier alpha value is -2.00. The topological polar surface area (TPSA) is 12.9 Å². The number of nitrogens with zero attached hydrogens (tertiary/aromatic N) is 1. The minimum absolute atomic E-state index is 0.236. The van der Waals surface area contributed by atoms with E-state index in [-0.39, 0.29) is 5.82 Å². The maximum atomic E-state index is 12.9. The quantitative estimate of drug-likeness (QED) is 0.621. The molecule has 3 heteroatoms. The fourth-order valence-electron chi connectivity index (χ4n) is 2.00. The molecule has 3 rings (SSSR count). The first kappa shape index (κ1) is 13.0. The van der Waals surface area contributed by atoms with Crippen molar-refractivity contribution in [3.05, 3.63) is 77.2 Å². The average molecular weight is 328 g/mol. The zero-order chi connectivity index (χ0) is 13.9. The Kier molecular flexibility index (Phi) is 3.61. The summed E-state index contributed by atoms with van der Waals surface area (Å²) in [6.45, 7) is 0. The van der Waals surface area contributed by atoms with Crippen LogP contribution in [0.5, 0.6) is 0 Å². The number of hydrogen-bond acceptors (Lipinski definition) is 1. The van der Waals surface area contributed by atoms with E-state index in [2.05, 4.69) is 20.9 Å². The van der Waals surface area contributed by atoms with E-state index in [9.17, 15) is 4.39 Å². The van der Waals surface area contributed by atoms with Crippen LogP contribution >= 0.6 is 15.9 Å². The van der Waals surface area contributed by atoms with Crippen molar-refractivity contribution in [1.82, 2.24) is 4.98 Å². The minimum atomic E-state index is -0.236. The largest absolute Gasteiger partial charge is 0.256 e. The minimum Gasteiger partial charge on any atom is -0.256 e. The van der Waals surface area contributed by atoms with Gasteiger partial charge in [-0.2, -0.15) is 0 Å². The van der Waals surface area contributed by atoms with Gasteiger partial charge in [-0.1, -0.05) is 34.1 Å². The standard InChI is InChI=1S/C17H11BrFN/c18-15-6-1-12(2-7-15)14-5-10-17(20-11-14)13-3-8-16(19)9-4-13/h1-11H. The number of halogens is 2. The molecule has 98 valence electrons. The number of aromatic nitrogens is 1. The molecule has 0 aliphatic carbocycles. The van der Waals surface area contributed by atoms with Crippen molar-refractivity contribution >= 4 is 15.9 Å². The second kappa shape index (κ2) is 5.55. The van der Waals surface area contributed by atoms with E-state index < -0.39 is 0 Å². The summed E-state index contributed by atoms with van der Waals surface area (Å²) in [5.41, 5.74) is 3.93. The zero-order valence-corrected chi connectivity index (χ0v) is 12.1. The fraction of sp³-hybridized carbons (Fsp3) is 0. The van der Waals surface area contributed by atoms with Crippen molar-refractivity contribution in [2.45, 2.75) is 0 Å². The van der Waals surface area contributed by atoms with E-state index in [0.29, 0.717) is 0 Å². The van der Waals surface area contributed by atoms with E-state index in [1.807, 2.05) is 42.6 Å². The van der Waals surface area contributed by atoms with Crippen LogP contribution < -0.4 is 0 Å². The van der Waals surface area contributed by atoms with Crippen molar-refractivity contribution in [2.24, 2.45) is 0 Å². The number of rotatable bonds is 2. The van der Waals surface area contributed by atoms with Gasteiger partial charge in [0, 0.05) is 21.8 Å². The van der Waals surface area contributed by atoms with Crippen LogP contribution in [-0.2, 0) is 0 Å². The monoisotopic (exact) mass is 327 g/mol. The highest BCUT2D eigenvalue weighted by molar-refractivity contribution is 9.10. The highest BCUT2D eigenvalue weighted by atomic mass is 79.9. The second-order valence-corrected chi connectivity index (χ2v) is 5.36. The molecule has 20 heavy (non-hydrogen) atoms. The Morgan fingerprint density at radius 2 is 1.30 bits per heavy atom. The predicted molar refractivity (Wildman–Crippen MR) is 82.8 cm³/mol. The molecule has 1 nitrogen and oxygen atoms in total. The first-order chi connectivity index (χ1) is 9.72. The molecule has 0 bridgehead atoms. The lowest BCUT2D eigenvalue weighted by Gasteiger charge is -2.04. The molecule has 0 spiro atoms. The van der Waals surface area contributed by atoms with Gasteiger partial charge in [-0.15, -0.1) is 0 Å². The lowest BCUT2D eigenvalue weighted by Crippen LogP contribution is -1.85. The van der Waals surface area contributed by atoms with Gasteiger partial charge in [0.05, 0.1) is 5.69 Å². The van der Waals surface area contributed by atoms with E-state index in [4.69, 9.17) is 0 Å². The Bertz CT molecular complexity index is 639. The predicted octanol–water partition coefficient (Wildman–Crippen LogP) is 5.32. The van der Waals surface area contributed by atoms with Gasteiger partial charge in [-0.05, 0) is 48.0 Å². The van der Waals surface area contributed by atoms with E-state index in [1.165, 1.54) is 12.1 Å². The molecule has 0 radical (unpaired) electrons. The van der Waals surface area contributed by atoms with Gasteiger partial charge in [0.25, 0.3) is 0 Å². The SMILES string of the molecule is Fc1ccc(-c2ccc(-c3ccc(Br)cc3)cn2)cc1. The normalized spacial score (nSPS) is 10.5. The molecule has 0 unspecified atom stereocenters. The summed E-state index contributed by atoms with van der Waals surface area (Å²) in [4.78, 5) is 4.44. The van der Waals surface area contributed by atoms with Crippen LogP contribution in [0.4, 0.5) is 4.39 Å². The van der Waals surface area contributed by atoms with E-state index in [0.717, 1.165) is 26.9 Å². The zero-order valence-electron chi connectivity index (χ0n) is 10.6. The molecule has 0 saturated heterocycles. The number of pyridine rings is 1. The van der Waals surface area contributed by atoms with Crippen molar-refractivity contribution in [3.63, 3.8) is 0 Å². The molecule has 0 atom stereocenters. The third kappa shape index (κ3) is 2.78. The summed E-state index contributed by atoms with van der Waals surface area (Å²) in [6, 6.07) is 18.4. The van der Waals surface area contributed by atoms with Gasteiger partial charge in [-0.3, -0.25) is 4.98 Å². The summed E-state index contributed by atoms with van der Waals surface area (Å²) in [6.07, 6.45) is 1.84. The third-order valence-electron chi connectivity index (χ3n) is 3.08. The molecule has 0 amide bonds. The van der Waals surface area contributed by atoms with Gasteiger partial charge in [-0.25, -0.2) is 4.39 Å². The van der Waals surface area contributed by atoms with Gasteiger partial charge in [0.15, 0.2) is 0 Å². The summed E-state index contributed by atoms with van der Waals surface area (Å²) < 4.78 is 13.9. The van der Waals surface area contributed by atoms with Crippen LogP contribution in [0.1, 0.15) is 0 Å². The van der Waals surface area contributed by atoms with Crippen molar-refractivity contribution < 1.29 is 4.39 Å². The smallest absolute Gasteiger partial charge is 0.123 e. The van der Waals surface area contributed by atoms with Gasteiger partial charge in [0.1, 0.15) is 5.82 Å². The average Bonchev–Trinajstić information content (AvgIpc) is 2.49. The van der Waals surface area contributed by atoms with Crippen LogP contribution in [0.15, 0.2) is 71.3 Å². The molecular formula is C17H11BrFN. The Labute approximate surface area is 125 Å². The van der Waals surface area contributed by atoms with Gasteiger partial charge >= 0.3 is 0 Å². The highest BCUT2D eigenvalue weighted by Gasteiger charge is 2.02. The Morgan fingerprint density at radius 1 is 0.700 bits per heavy atom. The third-order valence-corrected chi connectivity index (χ3v) is 3.61. The number of hydrogen-bond donors (Lipinski definition) is 0. The lowest BCUT2D eigenvalue weighted by atomic mass is 10.1. The van der Waals surface area contributed by atoms with Crippen LogP contribution in [0.3, 0.4) is 0 Å². The summed E-state index contributed by atoms with van der Waals surface area (Å²) in [5.74, 6) is -0.236. The summed E-state index contributed by atoms with van der Waals surface area (Å²) >= 11 is 3.42. The summed E-state index contributed by atoms with van der Waals surface area (Å²) in [7, 11) is 0. The van der Waals surface area contributed by atoms with E-state index >= 15 is 0 Å². The molecule has 1 aromatic heterocycles. The lowest BCUT2D eigenvalue weighted by molar-refractivity contribution is 0.628. The first-order valence-corrected chi connectivity index (χ1v) is 6.99.